The minimum atomic E-state index is -0.956. The van der Waals surface area contributed by atoms with Crippen LogP contribution in [0.3, 0.4) is 0 Å². The van der Waals surface area contributed by atoms with Crippen LogP contribution in [0.4, 0.5) is 13.9 Å². The largest absolute Gasteiger partial charge is 0.316 e. The number of carbonyl (C=O) groups excluding carboxylic acids is 1. The standard InChI is InChI=1S/C15H12F2N4OS/c16-11-2-1-9(5-12(11)17)13-7-20-15(23-13)21(8-18)14(22)10-3-4-19-6-10/h1-2,5,7,10,19H,3-4,6H2/t10-/m0/s1. The molecule has 1 atom stereocenters. The minimum Gasteiger partial charge on any atom is -0.316 e. The van der Waals surface area contributed by atoms with Gasteiger partial charge >= 0.3 is 0 Å². The SMILES string of the molecule is N#CN(C(=O)[C@H]1CCNC1)c1ncc(-c2ccc(F)c(F)c2)s1. The topological polar surface area (TPSA) is 69.0 Å². The van der Waals surface area contributed by atoms with Crippen LogP contribution < -0.4 is 10.2 Å². The quantitative estimate of drug-likeness (QED) is 0.692. The number of halogens is 2. The number of nitriles is 1. The molecule has 1 aliphatic rings. The number of amides is 1. The smallest absolute Gasteiger partial charge is 0.246 e. The molecule has 3 rings (SSSR count). The number of rotatable bonds is 3. The van der Waals surface area contributed by atoms with Gasteiger partial charge in [-0.2, -0.15) is 10.2 Å². The molecule has 0 aliphatic carbocycles. The second-order valence-electron chi connectivity index (χ2n) is 5.10. The van der Waals surface area contributed by atoms with Crippen molar-refractivity contribution in [2.24, 2.45) is 5.92 Å². The zero-order valence-corrected chi connectivity index (χ0v) is 12.7. The molecule has 1 aromatic carbocycles. The first-order chi connectivity index (χ1) is 11.1. The van der Waals surface area contributed by atoms with Crippen LogP contribution in [0.5, 0.6) is 0 Å². The predicted octanol–water partition coefficient (Wildman–Crippen LogP) is 2.51. The molecule has 1 aromatic heterocycles. The van der Waals surface area contributed by atoms with E-state index in [1.165, 1.54) is 12.3 Å². The first-order valence-electron chi connectivity index (χ1n) is 6.96. The van der Waals surface area contributed by atoms with Gasteiger partial charge in [-0.25, -0.2) is 13.8 Å². The number of nitrogens with one attached hydrogen (secondary N) is 1. The molecule has 1 saturated heterocycles. The Labute approximate surface area is 135 Å². The summed E-state index contributed by atoms with van der Waals surface area (Å²) in [6.45, 7) is 1.28. The van der Waals surface area contributed by atoms with Gasteiger partial charge in [-0.15, -0.1) is 0 Å². The van der Waals surface area contributed by atoms with Gasteiger partial charge in [-0.1, -0.05) is 17.4 Å². The molecule has 118 valence electrons. The Bertz CT molecular complexity index is 780. The summed E-state index contributed by atoms with van der Waals surface area (Å²) in [5, 5.41) is 12.6. The molecule has 0 radical (unpaired) electrons. The Kier molecular flexibility index (Phi) is 4.32. The summed E-state index contributed by atoms with van der Waals surface area (Å²) in [7, 11) is 0. The highest BCUT2D eigenvalue weighted by atomic mass is 32.1. The van der Waals surface area contributed by atoms with Gasteiger partial charge in [-0.3, -0.25) is 4.79 Å². The van der Waals surface area contributed by atoms with Gasteiger partial charge in [0.1, 0.15) is 0 Å². The van der Waals surface area contributed by atoms with Crippen LogP contribution in [0.1, 0.15) is 6.42 Å². The van der Waals surface area contributed by atoms with E-state index in [1.807, 2.05) is 6.19 Å². The molecule has 2 aromatic rings. The molecule has 0 spiro atoms. The van der Waals surface area contributed by atoms with Crippen molar-refractivity contribution in [3.8, 4) is 16.6 Å². The van der Waals surface area contributed by atoms with Gasteiger partial charge in [0, 0.05) is 12.7 Å². The third-order valence-electron chi connectivity index (χ3n) is 3.62. The fourth-order valence-electron chi connectivity index (χ4n) is 2.39. The van der Waals surface area contributed by atoms with Crippen molar-refractivity contribution in [2.75, 3.05) is 18.0 Å². The van der Waals surface area contributed by atoms with E-state index in [2.05, 4.69) is 10.3 Å². The number of aromatic nitrogens is 1. The van der Waals surface area contributed by atoms with E-state index < -0.39 is 11.6 Å². The Balaban J connectivity index is 1.86. The number of thiazole rings is 1. The van der Waals surface area contributed by atoms with E-state index in [1.54, 1.807) is 0 Å². The molecule has 1 N–H and O–H groups in total. The highest BCUT2D eigenvalue weighted by molar-refractivity contribution is 7.19. The van der Waals surface area contributed by atoms with Crippen molar-refractivity contribution in [1.82, 2.24) is 10.3 Å². The number of anilines is 1. The second kappa shape index (κ2) is 6.40. The van der Waals surface area contributed by atoms with Crippen molar-refractivity contribution in [3.05, 3.63) is 36.0 Å². The van der Waals surface area contributed by atoms with E-state index in [-0.39, 0.29) is 17.0 Å². The Morgan fingerprint density at radius 2 is 2.26 bits per heavy atom. The summed E-state index contributed by atoms with van der Waals surface area (Å²) in [4.78, 5) is 17.9. The second-order valence-corrected chi connectivity index (χ2v) is 6.11. The number of carbonyl (C=O) groups is 1. The summed E-state index contributed by atoms with van der Waals surface area (Å²) in [5.41, 5.74) is 0.445. The van der Waals surface area contributed by atoms with Gasteiger partial charge in [0.05, 0.1) is 10.8 Å². The molecular weight excluding hydrogens is 322 g/mol. The fraction of sp³-hybridized carbons (Fsp3) is 0.267. The summed E-state index contributed by atoms with van der Waals surface area (Å²) >= 11 is 1.08. The molecule has 1 aliphatic heterocycles. The maximum atomic E-state index is 13.3. The van der Waals surface area contributed by atoms with Crippen molar-refractivity contribution < 1.29 is 13.6 Å². The Morgan fingerprint density at radius 3 is 2.91 bits per heavy atom. The summed E-state index contributed by atoms with van der Waals surface area (Å²) in [6, 6.07) is 3.52. The van der Waals surface area contributed by atoms with Crippen molar-refractivity contribution in [2.45, 2.75) is 6.42 Å². The van der Waals surface area contributed by atoms with Crippen LogP contribution in [-0.4, -0.2) is 24.0 Å². The zero-order chi connectivity index (χ0) is 16.4. The Morgan fingerprint density at radius 1 is 1.43 bits per heavy atom. The minimum absolute atomic E-state index is 0.226. The van der Waals surface area contributed by atoms with Crippen molar-refractivity contribution in [1.29, 1.82) is 5.26 Å². The normalized spacial score (nSPS) is 17.0. The summed E-state index contributed by atoms with van der Waals surface area (Å²) in [5.74, 6) is -2.43. The average molecular weight is 334 g/mol. The van der Waals surface area contributed by atoms with Gasteiger partial charge in [0.25, 0.3) is 0 Å². The van der Waals surface area contributed by atoms with Crippen LogP contribution in [0.2, 0.25) is 0 Å². The van der Waals surface area contributed by atoms with E-state index in [4.69, 9.17) is 0 Å². The maximum absolute atomic E-state index is 13.3. The molecule has 0 unspecified atom stereocenters. The van der Waals surface area contributed by atoms with Crippen LogP contribution in [0.25, 0.3) is 10.4 Å². The van der Waals surface area contributed by atoms with Gasteiger partial charge in [0.2, 0.25) is 11.0 Å². The molecular formula is C15H12F2N4OS. The van der Waals surface area contributed by atoms with E-state index in [0.717, 1.165) is 34.9 Å². The van der Waals surface area contributed by atoms with Crippen molar-refractivity contribution in [3.63, 3.8) is 0 Å². The number of nitrogens with zero attached hydrogens (tertiary/aromatic N) is 3. The lowest BCUT2D eigenvalue weighted by molar-refractivity contribution is -0.121. The lowest BCUT2D eigenvalue weighted by Gasteiger charge is -2.14. The third-order valence-corrected chi connectivity index (χ3v) is 4.65. The average Bonchev–Trinajstić information content (AvgIpc) is 3.22. The zero-order valence-electron chi connectivity index (χ0n) is 11.9. The molecule has 1 fully saturated rings. The fourth-order valence-corrected chi connectivity index (χ4v) is 3.26. The number of benzene rings is 1. The molecule has 8 heteroatoms. The van der Waals surface area contributed by atoms with Gasteiger partial charge < -0.3 is 5.32 Å². The van der Waals surface area contributed by atoms with Gasteiger partial charge in [0.15, 0.2) is 17.8 Å². The van der Waals surface area contributed by atoms with E-state index in [9.17, 15) is 18.8 Å². The first kappa shape index (κ1) is 15.5. The van der Waals surface area contributed by atoms with Crippen LogP contribution in [-0.2, 0) is 4.79 Å². The molecule has 23 heavy (non-hydrogen) atoms. The molecule has 2 heterocycles. The predicted molar refractivity (Wildman–Crippen MR) is 81.5 cm³/mol. The van der Waals surface area contributed by atoms with Gasteiger partial charge in [-0.05, 0) is 30.7 Å². The number of hydrogen-bond acceptors (Lipinski definition) is 5. The van der Waals surface area contributed by atoms with E-state index in [0.29, 0.717) is 23.4 Å². The maximum Gasteiger partial charge on any atom is 0.246 e. The van der Waals surface area contributed by atoms with Crippen LogP contribution in [0, 0.1) is 29.0 Å². The first-order valence-corrected chi connectivity index (χ1v) is 7.77. The molecule has 5 nitrogen and oxygen atoms in total. The Hall–Kier alpha value is -2.37. The third kappa shape index (κ3) is 3.06. The summed E-state index contributed by atoms with van der Waals surface area (Å²) < 4.78 is 26.3. The monoisotopic (exact) mass is 334 g/mol. The lowest BCUT2D eigenvalue weighted by Crippen LogP contribution is -2.33. The van der Waals surface area contributed by atoms with Crippen LogP contribution in [0.15, 0.2) is 24.4 Å². The summed E-state index contributed by atoms with van der Waals surface area (Å²) in [6.07, 6.45) is 3.97. The molecule has 0 bridgehead atoms. The number of hydrogen-bond donors (Lipinski definition) is 1. The van der Waals surface area contributed by atoms with Crippen molar-refractivity contribution >= 4 is 22.4 Å². The lowest BCUT2D eigenvalue weighted by atomic mass is 10.1. The molecule has 0 saturated carbocycles. The van der Waals surface area contributed by atoms with Crippen LogP contribution >= 0.6 is 11.3 Å². The van der Waals surface area contributed by atoms with E-state index >= 15 is 0 Å². The molecule has 1 amide bonds. The highest BCUT2D eigenvalue weighted by Gasteiger charge is 2.29. The highest BCUT2D eigenvalue weighted by Crippen LogP contribution is 2.32.